The minimum atomic E-state index is -0.756. The van der Waals surface area contributed by atoms with Gasteiger partial charge in [0.25, 0.3) is 11.6 Å². The number of nitrogens with zero attached hydrogens (tertiary/aromatic N) is 3. The van der Waals surface area contributed by atoms with Crippen LogP contribution in [0.25, 0.3) is 11.4 Å². The summed E-state index contributed by atoms with van der Waals surface area (Å²) in [5.74, 6) is -0.719. The first-order valence-electron chi connectivity index (χ1n) is 9.82. The number of benzene rings is 2. The molecule has 1 aromatic heterocycles. The zero-order valence-electron chi connectivity index (χ0n) is 17.7. The lowest BCUT2D eigenvalue weighted by molar-refractivity contribution is -0.384. The van der Waals surface area contributed by atoms with Crippen LogP contribution in [0, 0.1) is 17.0 Å². The molecule has 1 unspecified atom stereocenters. The normalized spacial score (nSPS) is 11.5. The predicted molar refractivity (Wildman–Crippen MR) is 118 cm³/mol. The molecule has 2 aromatic carbocycles. The van der Waals surface area contributed by atoms with Crippen LogP contribution < -0.4 is 15.4 Å². The molecular weight excluding hydrogens is 454 g/mol. The van der Waals surface area contributed by atoms with Gasteiger partial charge in [-0.2, -0.15) is 4.98 Å². The number of non-ortho nitro benzene ring substituents is 1. The molecule has 2 N–H and O–H groups in total. The molecule has 0 aliphatic carbocycles. The van der Waals surface area contributed by atoms with Crippen LogP contribution in [-0.4, -0.2) is 46.1 Å². The number of aryl methyl sites for hydroxylation is 1. The Labute approximate surface area is 193 Å². The van der Waals surface area contributed by atoms with Crippen LogP contribution in [0.5, 0.6) is 5.75 Å². The molecule has 0 bridgehead atoms. The van der Waals surface area contributed by atoms with E-state index in [9.17, 15) is 19.7 Å². The topological polar surface area (TPSA) is 149 Å². The average Bonchev–Trinajstić information content (AvgIpc) is 3.29. The van der Waals surface area contributed by atoms with Crippen molar-refractivity contribution in [2.45, 2.75) is 20.0 Å². The fourth-order valence-electron chi connectivity index (χ4n) is 2.76. The molecule has 33 heavy (non-hydrogen) atoms. The molecule has 1 heterocycles. The molecule has 3 rings (SSSR count). The van der Waals surface area contributed by atoms with Gasteiger partial charge in [0.2, 0.25) is 5.82 Å². The molecular formula is C21H20ClN5O6. The van der Waals surface area contributed by atoms with Crippen molar-refractivity contribution in [3.05, 3.63) is 69.1 Å². The first kappa shape index (κ1) is 23.7. The minimum absolute atomic E-state index is 0.0422. The van der Waals surface area contributed by atoms with Gasteiger partial charge in [0.1, 0.15) is 5.75 Å². The highest BCUT2D eigenvalue weighted by molar-refractivity contribution is 6.30. The first-order valence-corrected chi connectivity index (χ1v) is 10.2. The number of ether oxygens (including phenoxy) is 1. The lowest BCUT2D eigenvalue weighted by Gasteiger charge is -2.16. The van der Waals surface area contributed by atoms with Crippen LogP contribution in [0.1, 0.15) is 23.2 Å². The summed E-state index contributed by atoms with van der Waals surface area (Å²) in [5.41, 5.74) is 1.01. The van der Waals surface area contributed by atoms with Gasteiger partial charge >= 0.3 is 11.8 Å². The summed E-state index contributed by atoms with van der Waals surface area (Å²) in [5, 5.41) is 20.3. The van der Waals surface area contributed by atoms with E-state index in [-0.39, 0.29) is 36.4 Å². The maximum Gasteiger partial charge on any atom is 0.316 e. The standard InChI is InChI=1S/C21H20ClN5O6/c1-12-10-15(22)6-7-17(12)32-13(2)19(28)23-8-9-24-20(29)21-25-18(26-33-21)14-4-3-5-16(11-14)27(30)31/h3-7,10-11,13H,8-9H2,1-2H3,(H,23,28)(H,24,29). The Morgan fingerprint density at radius 2 is 1.97 bits per heavy atom. The van der Waals surface area contributed by atoms with Gasteiger partial charge in [-0.25, -0.2) is 0 Å². The summed E-state index contributed by atoms with van der Waals surface area (Å²) in [6.45, 7) is 3.68. The van der Waals surface area contributed by atoms with E-state index in [2.05, 4.69) is 20.8 Å². The summed E-state index contributed by atoms with van der Waals surface area (Å²) < 4.78 is 10.6. The van der Waals surface area contributed by atoms with Crippen LogP contribution in [0.15, 0.2) is 47.0 Å². The second-order valence-corrected chi connectivity index (χ2v) is 7.38. The third-order valence-corrected chi connectivity index (χ3v) is 4.69. The minimum Gasteiger partial charge on any atom is -0.481 e. The molecule has 1 atom stereocenters. The number of nitro groups is 1. The van der Waals surface area contributed by atoms with Gasteiger partial charge < -0.3 is 19.9 Å². The van der Waals surface area contributed by atoms with E-state index in [1.54, 1.807) is 31.2 Å². The lowest BCUT2D eigenvalue weighted by atomic mass is 10.2. The van der Waals surface area contributed by atoms with Crippen molar-refractivity contribution in [1.82, 2.24) is 20.8 Å². The van der Waals surface area contributed by atoms with Crippen molar-refractivity contribution in [3.63, 3.8) is 0 Å². The molecule has 0 aliphatic heterocycles. The van der Waals surface area contributed by atoms with Crippen molar-refractivity contribution >= 4 is 29.1 Å². The van der Waals surface area contributed by atoms with Crippen LogP contribution in [0.2, 0.25) is 5.02 Å². The number of carbonyl (C=O) groups is 2. The highest BCUT2D eigenvalue weighted by Gasteiger charge is 2.18. The summed E-state index contributed by atoms with van der Waals surface area (Å²) in [7, 11) is 0. The summed E-state index contributed by atoms with van der Waals surface area (Å²) in [6.07, 6.45) is -0.756. The number of halogens is 1. The van der Waals surface area contributed by atoms with Crippen molar-refractivity contribution in [2.24, 2.45) is 0 Å². The van der Waals surface area contributed by atoms with Gasteiger partial charge in [-0.1, -0.05) is 28.9 Å². The molecule has 2 amide bonds. The van der Waals surface area contributed by atoms with Gasteiger partial charge in [0, 0.05) is 35.8 Å². The van der Waals surface area contributed by atoms with E-state index in [4.69, 9.17) is 20.9 Å². The van der Waals surface area contributed by atoms with Gasteiger partial charge in [0.05, 0.1) is 4.92 Å². The largest absolute Gasteiger partial charge is 0.481 e. The number of amides is 2. The zero-order valence-corrected chi connectivity index (χ0v) is 18.5. The first-order chi connectivity index (χ1) is 15.7. The second-order valence-electron chi connectivity index (χ2n) is 6.95. The Balaban J connectivity index is 1.46. The van der Waals surface area contributed by atoms with E-state index in [1.807, 2.05) is 6.92 Å². The maximum absolute atomic E-state index is 12.2. The van der Waals surface area contributed by atoms with E-state index in [0.29, 0.717) is 16.3 Å². The van der Waals surface area contributed by atoms with Crippen molar-refractivity contribution in [3.8, 4) is 17.1 Å². The van der Waals surface area contributed by atoms with Crippen LogP contribution in [0.4, 0.5) is 5.69 Å². The number of hydrogen-bond donors (Lipinski definition) is 2. The van der Waals surface area contributed by atoms with Gasteiger partial charge in [-0.3, -0.25) is 19.7 Å². The van der Waals surface area contributed by atoms with E-state index < -0.39 is 16.9 Å². The summed E-state index contributed by atoms with van der Waals surface area (Å²) in [4.78, 5) is 38.7. The Morgan fingerprint density at radius 1 is 1.21 bits per heavy atom. The van der Waals surface area contributed by atoms with E-state index in [1.165, 1.54) is 18.2 Å². The monoisotopic (exact) mass is 473 g/mol. The van der Waals surface area contributed by atoms with Crippen molar-refractivity contribution < 1.29 is 23.8 Å². The number of hydrogen-bond acceptors (Lipinski definition) is 8. The van der Waals surface area contributed by atoms with Crippen molar-refractivity contribution in [2.75, 3.05) is 13.1 Å². The molecule has 3 aromatic rings. The number of nitro benzene ring substituents is 1. The molecule has 0 saturated heterocycles. The third kappa shape index (κ3) is 6.26. The van der Waals surface area contributed by atoms with Crippen LogP contribution in [-0.2, 0) is 4.79 Å². The van der Waals surface area contributed by atoms with Crippen LogP contribution in [0.3, 0.4) is 0 Å². The molecule has 0 radical (unpaired) electrons. The summed E-state index contributed by atoms with van der Waals surface area (Å²) >= 11 is 5.91. The number of carbonyl (C=O) groups excluding carboxylic acids is 2. The predicted octanol–water partition coefficient (Wildman–Crippen LogP) is 2.92. The van der Waals surface area contributed by atoms with E-state index in [0.717, 1.165) is 5.56 Å². The Morgan fingerprint density at radius 3 is 2.70 bits per heavy atom. The Bertz CT molecular complexity index is 1180. The Kier molecular flexibility index (Phi) is 7.57. The smallest absolute Gasteiger partial charge is 0.316 e. The SMILES string of the molecule is Cc1cc(Cl)ccc1OC(C)C(=O)NCCNC(=O)c1nc(-c2cccc([N+](=O)[O-])c2)no1. The summed E-state index contributed by atoms with van der Waals surface area (Å²) in [6, 6.07) is 10.7. The lowest BCUT2D eigenvalue weighted by Crippen LogP contribution is -2.40. The highest BCUT2D eigenvalue weighted by Crippen LogP contribution is 2.23. The molecule has 11 nitrogen and oxygen atoms in total. The van der Waals surface area contributed by atoms with Gasteiger partial charge in [-0.15, -0.1) is 0 Å². The van der Waals surface area contributed by atoms with Crippen molar-refractivity contribution in [1.29, 1.82) is 0 Å². The molecule has 0 aliphatic rings. The van der Waals surface area contributed by atoms with E-state index >= 15 is 0 Å². The second kappa shape index (κ2) is 10.6. The molecule has 0 saturated carbocycles. The third-order valence-electron chi connectivity index (χ3n) is 4.46. The highest BCUT2D eigenvalue weighted by atomic mass is 35.5. The number of nitrogens with one attached hydrogen (secondary N) is 2. The fraction of sp³-hybridized carbons (Fsp3) is 0.238. The van der Waals surface area contributed by atoms with Gasteiger partial charge in [-0.05, 0) is 37.6 Å². The quantitative estimate of drug-likeness (QED) is 0.273. The zero-order chi connectivity index (χ0) is 24.0. The molecule has 0 spiro atoms. The van der Waals surface area contributed by atoms with Gasteiger partial charge in [0.15, 0.2) is 6.10 Å². The Hall–Kier alpha value is -3.99. The number of rotatable bonds is 9. The van der Waals surface area contributed by atoms with Crippen LogP contribution >= 0.6 is 11.6 Å². The average molecular weight is 474 g/mol. The fourth-order valence-corrected chi connectivity index (χ4v) is 2.99. The number of aromatic nitrogens is 2. The maximum atomic E-state index is 12.2. The molecule has 12 heteroatoms. The molecule has 172 valence electrons. The molecule has 0 fully saturated rings.